The quantitative estimate of drug-likeness (QED) is 0.906. The third-order valence-corrected chi connectivity index (χ3v) is 3.21. The zero-order valence-corrected chi connectivity index (χ0v) is 10.3. The van der Waals surface area contributed by atoms with E-state index in [0.29, 0.717) is 13.0 Å². The van der Waals surface area contributed by atoms with Crippen LogP contribution in [-0.4, -0.2) is 12.5 Å². The number of carbonyl (C=O) groups excluding carboxylic acids is 1. The van der Waals surface area contributed by atoms with Crippen molar-refractivity contribution >= 4 is 17.2 Å². The van der Waals surface area contributed by atoms with Gasteiger partial charge in [-0.25, -0.2) is 8.78 Å². The molecule has 94 valence electrons. The van der Waals surface area contributed by atoms with Crippen LogP contribution in [0.4, 0.5) is 8.78 Å². The summed E-state index contributed by atoms with van der Waals surface area (Å²) in [5.41, 5.74) is 0.848. The van der Waals surface area contributed by atoms with Gasteiger partial charge in [0.15, 0.2) is 11.6 Å². The fourth-order valence-electron chi connectivity index (χ4n) is 1.53. The smallest absolute Gasteiger partial charge is 0.254 e. The minimum atomic E-state index is -1.11. The second kappa shape index (κ2) is 5.73. The van der Waals surface area contributed by atoms with E-state index in [1.54, 1.807) is 11.3 Å². The van der Waals surface area contributed by atoms with Crippen molar-refractivity contribution in [2.45, 2.75) is 6.42 Å². The van der Waals surface area contributed by atoms with E-state index in [2.05, 4.69) is 5.32 Å². The fraction of sp³-hybridized carbons (Fsp3) is 0.154. The molecule has 2 nitrogen and oxygen atoms in total. The number of hydrogen-bond donors (Lipinski definition) is 1. The van der Waals surface area contributed by atoms with Gasteiger partial charge in [-0.3, -0.25) is 4.79 Å². The highest BCUT2D eigenvalue weighted by Crippen LogP contribution is 2.11. The van der Waals surface area contributed by atoms with Crippen LogP contribution < -0.4 is 5.32 Å². The highest BCUT2D eigenvalue weighted by Gasteiger charge is 2.14. The van der Waals surface area contributed by atoms with E-state index >= 15 is 0 Å². The lowest BCUT2D eigenvalue weighted by Gasteiger charge is -2.05. The normalized spacial score (nSPS) is 10.3. The largest absolute Gasteiger partial charge is 0.352 e. The molecule has 2 aromatic rings. The Hall–Kier alpha value is -1.75. The van der Waals surface area contributed by atoms with Crippen LogP contribution in [0.5, 0.6) is 0 Å². The van der Waals surface area contributed by atoms with Gasteiger partial charge in [0.25, 0.3) is 5.91 Å². The van der Waals surface area contributed by atoms with Crippen molar-refractivity contribution in [2.24, 2.45) is 0 Å². The molecule has 18 heavy (non-hydrogen) atoms. The summed E-state index contributed by atoms with van der Waals surface area (Å²) in [6.45, 7) is 0.394. The zero-order valence-electron chi connectivity index (χ0n) is 9.45. The molecule has 1 amide bonds. The second-order valence-electron chi connectivity index (χ2n) is 3.74. The van der Waals surface area contributed by atoms with Gasteiger partial charge < -0.3 is 5.32 Å². The molecule has 2 rings (SSSR count). The van der Waals surface area contributed by atoms with Crippen LogP contribution in [0, 0.1) is 11.6 Å². The molecule has 1 heterocycles. The van der Waals surface area contributed by atoms with Gasteiger partial charge in [0.1, 0.15) is 0 Å². The monoisotopic (exact) mass is 267 g/mol. The first-order valence-corrected chi connectivity index (χ1v) is 6.36. The molecular formula is C13H11F2NOS. The van der Waals surface area contributed by atoms with Crippen molar-refractivity contribution in [3.63, 3.8) is 0 Å². The minimum Gasteiger partial charge on any atom is -0.352 e. The summed E-state index contributed by atoms with van der Waals surface area (Å²) in [5.74, 6) is -2.71. The van der Waals surface area contributed by atoms with Gasteiger partial charge in [-0.1, -0.05) is 6.07 Å². The first-order valence-electron chi connectivity index (χ1n) is 5.42. The number of carbonyl (C=O) groups is 1. The maximum Gasteiger partial charge on any atom is 0.254 e. The minimum absolute atomic E-state index is 0.264. The van der Waals surface area contributed by atoms with E-state index < -0.39 is 17.5 Å². The van der Waals surface area contributed by atoms with E-state index in [4.69, 9.17) is 0 Å². The van der Waals surface area contributed by atoms with E-state index in [1.165, 1.54) is 12.1 Å². The molecule has 0 aliphatic heterocycles. The predicted molar refractivity (Wildman–Crippen MR) is 66.7 cm³/mol. The SMILES string of the molecule is O=C(NCCc1ccsc1)c1cccc(F)c1F. The standard InChI is InChI=1S/C13H11F2NOS/c14-11-3-1-2-10(12(11)15)13(17)16-6-4-9-5-7-18-8-9/h1-3,5,7-8H,4,6H2,(H,16,17). The maximum absolute atomic E-state index is 13.3. The summed E-state index contributed by atoms with van der Waals surface area (Å²) in [7, 11) is 0. The lowest BCUT2D eigenvalue weighted by atomic mass is 10.2. The Morgan fingerprint density at radius 1 is 1.28 bits per heavy atom. The van der Waals surface area contributed by atoms with Crippen molar-refractivity contribution in [1.29, 1.82) is 0 Å². The molecule has 5 heteroatoms. The average Bonchev–Trinajstić information content (AvgIpc) is 2.85. The third kappa shape index (κ3) is 2.92. The van der Waals surface area contributed by atoms with Crippen molar-refractivity contribution in [3.8, 4) is 0 Å². The molecule has 1 aromatic carbocycles. The van der Waals surface area contributed by atoms with Gasteiger partial charge in [0.05, 0.1) is 5.56 Å². The zero-order chi connectivity index (χ0) is 13.0. The van der Waals surface area contributed by atoms with Crippen molar-refractivity contribution in [1.82, 2.24) is 5.32 Å². The highest BCUT2D eigenvalue weighted by molar-refractivity contribution is 7.07. The molecule has 0 aliphatic carbocycles. The first kappa shape index (κ1) is 12.7. The molecule has 1 aromatic heterocycles. The van der Waals surface area contributed by atoms with Crippen molar-refractivity contribution in [2.75, 3.05) is 6.54 Å². The van der Waals surface area contributed by atoms with Gasteiger partial charge in [0, 0.05) is 6.54 Å². The Morgan fingerprint density at radius 2 is 2.11 bits per heavy atom. The molecule has 0 unspecified atom stereocenters. The van der Waals surface area contributed by atoms with Gasteiger partial charge in [-0.2, -0.15) is 11.3 Å². The summed E-state index contributed by atoms with van der Waals surface area (Å²) in [6, 6.07) is 5.52. The van der Waals surface area contributed by atoms with Crippen molar-refractivity contribution in [3.05, 3.63) is 57.8 Å². The van der Waals surface area contributed by atoms with Crippen molar-refractivity contribution < 1.29 is 13.6 Å². The van der Waals surface area contributed by atoms with Crippen LogP contribution in [0.1, 0.15) is 15.9 Å². The van der Waals surface area contributed by atoms with E-state index in [1.807, 2.05) is 16.8 Å². The number of halogens is 2. The van der Waals surface area contributed by atoms with Crippen LogP contribution >= 0.6 is 11.3 Å². The summed E-state index contributed by atoms with van der Waals surface area (Å²) < 4.78 is 26.2. The Balaban J connectivity index is 1.93. The molecule has 0 bridgehead atoms. The fourth-order valence-corrected chi connectivity index (χ4v) is 2.23. The molecule has 0 atom stereocenters. The van der Waals surface area contributed by atoms with E-state index in [-0.39, 0.29) is 5.56 Å². The molecule has 1 N–H and O–H groups in total. The number of hydrogen-bond acceptors (Lipinski definition) is 2. The number of amides is 1. The Labute approximate surface area is 107 Å². The van der Waals surface area contributed by atoms with Gasteiger partial charge in [-0.15, -0.1) is 0 Å². The van der Waals surface area contributed by atoms with Gasteiger partial charge >= 0.3 is 0 Å². The van der Waals surface area contributed by atoms with Crippen LogP contribution in [0.15, 0.2) is 35.0 Å². The van der Waals surface area contributed by atoms with E-state index in [9.17, 15) is 13.6 Å². The topological polar surface area (TPSA) is 29.1 Å². The van der Waals surface area contributed by atoms with Crippen LogP contribution in [0.25, 0.3) is 0 Å². The predicted octanol–water partition coefficient (Wildman–Crippen LogP) is 3.00. The lowest BCUT2D eigenvalue weighted by Crippen LogP contribution is -2.26. The summed E-state index contributed by atoms with van der Waals surface area (Å²) in [5, 5.41) is 6.49. The molecule has 0 spiro atoms. The average molecular weight is 267 g/mol. The number of benzene rings is 1. The Kier molecular flexibility index (Phi) is 4.04. The Bertz CT molecular complexity index is 540. The molecular weight excluding hydrogens is 256 g/mol. The second-order valence-corrected chi connectivity index (χ2v) is 4.52. The summed E-state index contributed by atoms with van der Waals surface area (Å²) in [6.07, 6.45) is 0.673. The number of rotatable bonds is 4. The van der Waals surface area contributed by atoms with Crippen LogP contribution in [0.3, 0.4) is 0 Å². The summed E-state index contributed by atoms with van der Waals surface area (Å²) >= 11 is 1.58. The van der Waals surface area contributed by atoms with Gasteiger partial charge in [0.2, 0.25) is 0 Å². The lowest BCUT2D eigenvalue weighted by molar-refractivity contribution is 0.0949. The number of nitrogens with one attached hydrogen (secondary N) is 1. The first-order chi connectivity index (χ1) is 8.68. The van der Waals surface area contributed by atoms with E-state index in [0.717, 1.165) is 11.6 Å². The Morgan fingerprint density at radius 3 is 2.83 bits per heavy atom. The van der Waals surface area contributed by atoms with Crippen LogP contribution in [-0.2, 0) is 6.42 Å². The maximum atomic E-state index is 13.3. The molecule has 0 saturated carbocycles. The molecule has 0 radical (unpaired) electrons. The third-order valence-electron chi connectivity index (χ3n) is 2.48. The number of thiophene rings is 1. The molecule has 0 fully saturated rings. The highest BCUT2D eigenvalue weighted by atomic mass is 32.1. The molecule has 0 aliphatic rings. The molecule has 0 saturated heterocycles. The van der Waals surface area contributed by atoms with Gasteiger partial charge in [-0.05, 0) is 40.9 Å². The van der Waals surface area contributed by atoms with Crippen LogP contribution in [0.2, 0.25) is 0 Å². The summed E-state index contributed by atoms with van der Waals surface area (Å²) in [4.78, 5) is 11.6.